The van der Waals surface area contributed by atoms with E-state index in [0.717, 1.165) is 17.8 Å². The van der Waals surface area contributed by atoms with Crippen LogP contribution in [-0.4, -0.2) is 29.1 Å². The maximum atomic E-state index is 13.7. The number of ether oxygens (including phenoxy) is 1. The predicted octanol–water partition coefficient (Wildman–Crippen LogP) is 4.21. The first-order valence-electron chi connectivity index (χ1n) is 6.53. The van der Waals surface area contributed by atoms with E-state index < -0.39 is 5.82 Å². The van der Waals surface area contributed by atoms with Gasteiger partial charge >= 0.3 is 0 Å². The molecule has 2 rings (SSSR count). The highest BCUT2D eigenvalue weighted by Gasteiger charge is 2.19. The molecule has 1 aromatic carbocycles. The summed E-state index contributed by atoms with van der Waals surface area (Å²) in [5.74, 6) is 0.855. The number of imidazole rings is 1. The molecule has 1 aromatic heterocycles. The lowest BCUT2D eigenvalue weighted by molar-refractivity contribution is 0.153. The van der Waals surface area contributed by atoms with E-state index in [0.29, 0.717) is 24.4 Å². The molecule has 3 nitrogen and oxygen atoms in total. The minimum Gasteiger partial charge on any atom is -0.383 e. The van der Waals surface area contributed by atoms with E-state index in [1.54, 1.807) is 13.2 Å². The number of nitrogens with zero attached hydrogens (tertiary/aromatic N) is 2. The Labute approximate surface area is 127 Å². The smallest absolute Gasteiger partial charge is 0.144 e. The molecule has 0 radical (unpaired) electrons. The van der Waals surface area contributed by atoms with E-state index >= 15 is 0 Å². The molecule has 0 spiro atoms. The second-order valence-corrected chi connectivity index (χ2v) is 5.39. The van der Waals surface area contributed by atoms with Crippen molar-refractivity contribution < 1.29 is 9.13 Å². The largest absolute Gasteiger partial charge is 0.383 e. The van der Waals surface area contributed by atoms with Crippen LogP contribution in [0.4, 0.5) is 4.39 Å². The number of aromatic nitrogens is 2. The Morgan fingerprint density at radius 1 is 1.45 bits per heavy atom. The topological polar surface area (TPSA) is 27.1 Å². The standard InChI is InChI=1S/C14H17Cl2FN2O/c1-3-9(8-20-2)19-13-7-11(17)10(16)6-12(13)18-14(19)4-5-15/h6-7,9H,3-5,8H2,1-2H3. The number of benzene rings is 1. The van der Waals surface area contributed by atoms with Gasteiger partial charge in [0.1, 0.15) is 11.6 Å². The highest BCUT2D eigenvalue weighted by molar-refractivity contribution is 6.31. The molecule has 0 saturated heterocycles. The highest BCUT2D eigenvalue weighted by Crippen LogP contribution is 2.28. The van der Waals surface area contributed by atoms with Crippen LogP contribution in [0.15, 0.2) is 12.1 Å². The molecule has 20 heavy (non-hydrogen) atoms. The van der Waals surface area contributed by atoms with Gasteiger partial charge in [-0.3, -0.25) is 0 Å². The zero-order valence-corrected chi connectivity index (χ0v) is 13.0. The van der Waals surface area contributed by atoms with Crippen LogP contribution < -0.4 is 0 Å². The van der Waals surface area contributed by atoms with E-state index in [4.69, 9.17) is 27.9 Å². The average molecular weight is 319 g/mol. The molecule has 1 unspecified atom stereocenters. The number of rotatable bonds is 6. The second kappa shape index (κ2) is 6.74. The molecular weight excluding hydrogens is 302 g/mol. The van der Waals surface area contributed by atoms with Gasteiger partial charge in [0.15, 0.2) is 0 Å². The van der Waals surface area contributed by atoms with Gasteiger partial charge in [0.05, 0.1) is 28.7 Å². The number of alkyl halides is 1. The number of halogens is 3. The van der Waals surface area contributed by atoms with Gasteiger partial charge in [-0.2, -0.15) is 0 Å². The van der Waals surface area contributed by atoms with Gasteiger partial charge < -0.3 is 9.30 Å². The van der Waals surface area contributed by atoms with Gasteiger partial charge in [-0.25, -0.2) is 9.37 Å². The van der Waals surface area contributed by atoms with Gasteiger partial charge in [-0.1, -0.05) is 18.5 Å². The van der Waals surface area contributed by atoms with Gasteiger partial charge in [0.25, 0.3) is 0 Å². The molecule has 1 atom stereocenters. The van der Waals surface area contributed by atoms with E-state index in [9.17, 15) is 4.39 Å². The summed E-state index contributed by atoms with van der Waals surface area (Å²) < 4.78 is 21.0. The number of hydrogen-bond acceptors (Lipinski definition) is 2. The van der Waals surface area contributed by atoms with Crippen LogP contribution in [0.2, 0.25) is 5.02 Å². The fraction of sp³-hybridized carbons (Fsp3) is 0.500. The molecule has 1 heterocycles. The van der Waals surface area contributed by atoms with Crippen LogP contribution in [0.5, 0.6) is 0 Å². The summed E-state index contributed by atoms with van der Waals surface area (Å²) in [5, 5.41) is 0.0827. The zero-order valence-electron chi connectivity index (χ0n) is 11.5. The molecule has 0 fully saturated rings. The van der Waals surface area contributed by atoms with Crippen molar-refractivity contribution in [2.75, 3.05) is 19.6 Å². The summed E-state index contributed by atoms with van der Waals surface area (Å²) in [4.78, 5) is 4.53. The maximum absolute atomic E-state index is 13.7. The fourth-order valence-corrected chi connectivity index (χ4v) is 2.70. The van der Waals surface area contributed by atoms with Gasteiger partial charge in [0.2, 0.25) is 0 Å². The van der Waals surface area contributed by atoms with Crippen molar-refractivity contribution in [3.8, 4) is 0 Å². The molecule has 0 aliphatic heterocycles. The third-order valence-corrected chi connectivity index (χ3v) is 3.80. The Morgan fingerprint density at radius 3 is 2.80 bits per heavy atom. The number of hydrogen-bond donors (Lipinski definition) is 0. The van der Waals surface area contributed by atoms with Crippen molar-refractivity contribution in [3.63, 3.8) is 0 Å². The van der Waals surface area contributed by atoms with E-state index in [1.165, 1.54) is 6.07 Å². The van der Waals surface area contributed by atoms with Gasteiger partial charge in [-0.05, 0) is 12.5 Å². The molecular formula is C14H17Cl2FN2O. The van der Waals surface area contributed by atoms with E-state index in [-0.39, 0.29) is 11.1 Å². The summed E-state index contributed by atoms with van der Waals surface area (Å²) in [5.41, 5.74) is 1.42. The van der Waals surface area contributed by atoms with Gasteiger partial charge in [-0.15, -0.1) is 11.6 Å². The minimum absolute atomic E-state index is 0.0827. The Balaban J connectivity index is 2.63. The summed E-state index contributed by atoms with van der Waals surface area (Å²) >= 11 is 11.7. The molecule has 0 aliphatic rings. The van der Waals surface area contributed by atoms with Crippen molar-refractivity contribution in [2.24, 2.45) is 0 Å². The lowest BCUT2D eigenvalue weighted by Crippen LogP contribution is -2.17. The summed E-state index contributed by atoms with van der Waals surface area (Å²) in [6.45, 7) is 2.60. The summed E-state index contributed by atoms with van der Waals surface area (Å²) in [6.07, 6.45) is 1.48. The Hall–Kier alpha value is -0.840. The molecule has 2 aromatic rings. The van der Waals surface area contributed by atoms with Crippen molar-refractivity contribution >= 4 is 34.2 Å². The van der Waals surface area contributed by atoms with Crippen molar-refractivity contribution in [2.45, 2.75) is 25.8 Å². The Bertz CT molecular complexity index is 600. The quantitative estimate of drug-likeness (QED) is 0.746. The first-order valence-corrected chi connectivity index (χ1v) is 7.44. The Kier molecular flexibility index (Phi) is 5.24. The highest BCUT2D eigenvalue weighted by atomic mass is 35.5. The number of methoxy groups -OCH3 is 1. The monoisotopic (exact) mass is 318 g/mol. The number of aryl methyl sites for hydroxylation is 1. The van der Waals surface area contributed by atoms with Crippen LogP contribution in [0.1, 0.15) is 25.2 Å². The molecule has 0 amide bonds. The van der Waals surface area contributed by atoms with Crippen LogP contribution in [0.3, 0.4) is 0 Å². The van der Waals surface area contributed by atoms with E-state index in [2.05, 4.69) is 11.9 Å². The first-order chi connectivity index (χ1) is 9.62. The molecule has 0 aliphatic carbocycles. The summed E-state index contributed by atoms with van der Waals surface area (Å²) in [7, 11) is 1.65. The van der Waals surface area contributed by atoms with Crippen LogP contribution in [-0.2, 0) is 11.2 Å². The minimum atomic E-state index is -0.440. The Morgan fingerprint density at radius 2 is 2.20 bits per heavy atom. The van der Waals surface area contributed by atoms with Crippen molar-refractivity contribution in [3.05, 3.63) is 28.8 Å². The van der Waals surface area contributed by atoms with Gasteiger partial charge in [0, 0.05) is 25.5 Å². The number of fused-ring (bicyclic) bond motifs is 1. The van der Waals surface area contributed by atoms with Crippen LogP contribution in [0, 0.1) is 5.82 Å². The first kappa shape index (κ1) is 15.5. The SMILES string of the molecule is CCC(COC)n1c(CCCl)nc2cc(Cl)c(F)cc21. The fourth-order valence-electron chi connectivity index (χ4n) is 2.38. The predicted molar refractivity (Wildman–Crippen MR) is 80.3 cm³/mol. The molecule has 0 N–H and O–H groups in total. The third-order valence-electron chi connectivity index (χ3n) is 3.32. The second-order valence-electron chi connectivity index (χ2n) is 4.61. The molecule has 0 saturated carbocycles. The molecule has 110 valence electrons. The molecule has 6 heteroatoms. The maximum Gasteiger partial charge on any atom is 0.144 e. The summed E-state index contributed by atoms with van der Waals surface area (Å²) in [6, 6.07) is 3.09. The third kappa shape index (κ3) is 2.92. The van der Waals surface area contributed by atoms with Crippen LogP contribution >= 0.6 is 23.2 Å². The molecule has 0 bridgehead atoms. The van der Waals surface area contributed by atoms with Crippen molar-refractivity contribution in [1.29, 1.82) is 0 Å². The lowest BCUT2D eigenvalue weighted by Gasteiger charge is -2.19. The van der Waals surface area contributed by atoms with Crippen molar-refractivity contribution in [1.82, 2.24) is 9.55 Å². The lowest BCUT2D eigenvalue weighted by atomic mass is 10.2. The zero-order chi connectivity index (χ0) is 14.7. The van der Waals surface area contributed by atoms with Crippen LogP contribution in [0.25, 0.3) is 11.0 Å². The normalized spacial score (nSPS) is 13.1. The average Bonchev–Trinajstić information content (AvgIpc) is 2.74. The van der Waals surface area contributed by atoms with E-state index in [1.807, 2.05) is 4.57 Å².